The molecule has 0 spiro atoms. The number of hydrogen-bond donors (Lipinski definition) is 2. The van der Waals surface area contributed by atoms with E-state index in [4.69, 9.17) is 0 Å². The lowest BCUT2D eigenvalue weighted by atomic mass is 10.1. The molecule has 1 aliphatic rings. The molecule has 2 amide bonds. The highest BCUT2D eigenvalue weighted by Gasteiger charge is 2.17. The number of benzene rings is 1. The van der Waals surface area contributed by atoms with Crippen molar-refractivity contribution in [3.05, 3.63) is 41.0 Å². The van der Waals surface area contributed by atoms with Gasteiger partial charge in [-0.15, -0.1) is 10.2 Å². The fourth-order valence-electron chi connectivity index (χ4n) is 2.54. The van der Waals surface area contributed by atoms with E-state index >= 15 is 0 Å². The van der Waals surface area contributed by atoms with Crippen molar-refractivity contribution in [1.29, 1.82) is 0 Å². The van der Waals surface area contributed by atoms with E-state index in [9.17, 15) is 4.79 Å². The van der Waals surface area contributed by atoms with Crippen molar-refractivity contribution in [2.24, 2.45) is 0 Å². The number of amides is 2. The van der Waals surface area contributed by atoms with E-state index in [1.54, 1.807) is 0 Å². The maximum Gasteiger partial charge on any atom is 0.319 e. The van der Waals surface area contributed by atoms with Crippen molar-refractivity contribution in [2.45, 2.75) is 39.8 Å². The Morgan fingerprint density at radius 3 is 3.05 bits per heavy atom. The average Bonchev–Trinajstić information content (AvgIpc) is 3.04. The number of aryl methyl sites for hydroxylation is 3. The van der Waals surface area contributed by atoms with Gasteiger partial charge in [0.15, 0.2) is 5.82 Å². The SMILES string of the molecule is Cc1ccc(C)c(NC(=O)NCc2nnc3n2CCC3)c1. The second kappa shape index (κ2) is 5.55. The fourth-order valence-corrected chi connectivity index (χ4v) is 2.54. The van der Waals surface area contributed by atoms with Crippen LogP contribution in [0, 0.1) is 13.8 Å². The largest absolute Gasteiger partial charge is 0.331 e. The van der Waals surface area contributed by atoms with Gasteiger partial charge in [-0.1, -0.05) is 12.1 Å². The maximum atomic E-state index is 12.0. The number of rotatable bonds is 3. The van der Waals surface area contributed by atoms with Gasteiger partial charge in [0, 0.05) is 18.7 Å². The highest BCUT2D eigenvalue weighted by Crippen LogP contribution is 2.16. The van der Waals surface area contributed by atoms with Gasteiger partial charge in [-0.2, -0.15) is 0 Å². The molecule has 0 fully saturated rings. The molecule has 0 radical (unpaired) electrons. The topological polar surface area (TPSA) is 71.8 Å². The van der Waals surface area contributed by atoms with E-state index in [1.165, 1.54) is 0 Å². The summed E-state index contributed by atoms with van der Waals surface area (Å²) in [4.78, 5) is 12.0. The van der Waals surface area contributed by atoms with Gasteiger partial charge in [-0.05, 0) is 37.5 Å². The quantitative estimate of drug-likeness (QED) is 0.907. The maximum absolute atomic E-state index is 12.0. The minimum Gasteiger partial charge on any atom is -0.331 e. The predicted octanol–water partition coefficient (Wildman–Crippen LogP) is 2.16. The summed E-state index contributed by atoms with van der Waals surface area (Å²) in [5.74, 6) is 1.83. The van der Waals surface area contributed by atoms with Crippen LogP contribution < -0.4 is 10.6 Å². The summed E-state index contributed by atoms with van der Waals surface area (Å²) in [6.07, 6.45) is 2.08. The molecule has 2 heterocycles. The van der Waals surface area contributed by atoms with Gasteiger partial charge < -0.3 is 15.2 Å². The minimum absolute atomic E-state index is 0.223. The van der Waals surface area contributed by atoms with Gasteiger partial charge >= 0.3 is 6.03 Å². The lowest BCUT2D eigenvalue weighted by Crippen LogP contribution is -2.29. The Hall–Kier alpha value is -2.37. The highest BCUT2D eigenvalue weighted by molar-refractivity contribution is 5.90. The smallest absolute Gasteiger partial charge is 0.319 e. The zero-order chi connectivity index (χ0) is 14.8. The van der Waals surface area contributed by atoms with Crippen LogP contribution in [-0.2, 0) is 19.5 Å². The first-order chi connectivity index (χ1) is 10.1. The monoisotopic (exact) mass is 285 g/mol. The number of hydrogen-bond acceptors (Lipinski definition) is 3. The Bertz CT molecular complexity index is 677. The van der Waals surface area contributed by atoms with Crippen LogP contribution >= 0.6 is 0 Å². The lowest BCUT2D eigenvalue weighted by Gasteiger charge is -2.10. The third-order valence-electron chi connectivity index (χ3n) is 3.73. The van der Waals surface area contributed by atoms with Crippen LogP contribution in [-0.4, -0.2) is 20.8 Å². The molecule has 0 bridgehead atoms. The Labute approximate surface area is 123 Å². The highest BCUT2D eigenvalue weighted by atomic mass is 16.2. The van der Waals surface area contributed by atoms with Gasteiger partial charge in [0.05, 0.1) is 6.54 Å². The fraction of sp³-hybridized carbons (Fsp3) is 0.400. The molecule has 21 heavy (non-hydrogen) atoms. The normalized spacial score (nSPS) is 13.0. The number of nitrogens with zero attached hydrogens (tertiary/aromatic N) is 3. The number of anilines is 1. The van der Waals surface area contributed by atoms with E-state index in [0.29, 0.717) is 6.54 Å². The zero-order valence-corrected chi connectivity index (χ0v) is 12.3. The van der Waals surface area contributed by atoms with E-state index in [0.717, 1.165) is 47.8 Å². The van der Waals surface area contributed by atoms with Crippen molar-refractivity contribution < 1.29 is 4.79 Å². The average molecular weight is 285 g/mol. The molecule has 1 aromatic heterocycles. The molecule has 0 unspecified atom stereocenters. The van der Waals surface area contributed by atoms with Gasteiger partial charge in [0.25, 0.3) is 0 Å². The van der Waals surface area contributed by atoms with E-state index in [2.05, 4.69) is 25.4 Å². The molecule has 2 aromatic rings. The van der Waals surface area contributed by atoms with Crippen molar-refractivity contribution in [1.82, 2.24) is 20.1 Å². The first-order valence-corrected chi connectivity index (χ1v) is 7.16. The molecule has 0 saturated carbocycles. The number of nitrogens with one attached hydrogen (secondary N) is 2. The second-order valence-corrected chi connectivity index (χ2v) is 5.41. The number of carbonyl (C=O) groups is 1. The first-order valence-electron chi connectivity index (χ1n) is 7.16. The van der Waals surface area contributed by atoms with Crippen molar-refractivity contribution in [3.8, 4) is 0 Å². The van der Waals surface area contributed by atoms with Crippen molar-refractivity contribution >= 4 is 11.7 Å². The summed E-state index contributed by atoms with van der Waals surface area (Å²) in [6, 6.07) is 5.76. The summed E-state index contributed by atoms with van der Waals surface area (Å²) >= 11 is 0. The molecule has 6 nitrogen and oxygen atoms in total. The summed E-state index contributed by atoms with van der Waals surface area (Å²) in [6.45, 7) is 5.31. The second-order valence-electron chi connectivity index (χ2n) is 5.41. The Morgan fingerprint density at radius 1 is 1.33 bits per heavy atom. The van der Waals surface area contributed by atoms with Gasteiger partial charge in [0.1, 0.15) is 5.82 Å². The Balaban J connectivity index is 1.60. The molecule has 1 aromatic carbocycles. The first kappa shape index (κ1) is 13.6. The Kier molecular flexibility index (Phi) is 3.60. The molecular formula is C15H19N5O. The number of aromatic nitrogens is 3. The van der Waals surface area contributed by atoms with E-state index in [1.807, 2.05) is 32.0 Å². The lowest BCUT2D eigenvalue weighted by molar-refractivity contribution is 0.251. The Morgan fingerprint density at radius 2 is 2.19 bits per heavy atom. The molecule has 0 aliphatic carbocycles. The summed E-state index contributed by atoms with van der Waals surface area (Å²) in [5, 5.41) is 14.0. The van der Waals surface area contributed by atoms with Gasteiger partial charge in [0.2, 0.25) is 0 Å². The van der Waals surface area contributed by atoms with Crippen LogP contribution in [0.2, 0.25) is 0 Å². The van der Waals surface area contributed by atoms with Crippen LogP contribution in [0.25, 0.3) is 0 Å². The van der Waals surface area contributed by atoms with Crippen LogP contribution in [0.15, 0.2) is 18.2 Å². The van der Waals surface area contributed by atoms with Gasteiger partial charge in [-0.25, -0.2) is 4.79 Å². The molecular weight excluding hydrogens is 266 g/mol. The number of fused-ring (bicyclic) bond motifs is 1. The summed E-state index contributed by atoms with van der Waals surface area (Å²) < 4.78 is 2.08. The summed E-state index contributed by atoms with van der Waals surface area (Å²) in [5.41, 5.74) is 2.99. The number of urea groups is 1. The molecule has 1 aliphatic heterocycles. The molecule has 0 saturated heterocycles. The van der Waals surface area contributed by atoms with Crippen LogP contribution in [0.3, 0.4) is 0 Å². The predicted molar refractivity (Wildman–Crippen MR) is 80.1 cm³/mol. The van der Waals surface area contributed by atoms with Crippen LogP contribution in [0.4, 0.5) is 10.5 Å². The van der Waals surface area contributed by atoms with Gasteiger partial charge in [-0.3, -0.25) is 0 Å². The minimum atomic E-state index is -0.223. The zero-order valence-electron chi connectivity index (χ0n) is 12.3. The van der Waals surface area contributed by atoms with Crippen LogP contribution in [0.5, 0.6) is 0 Å². The third kappa shape index (κ3) is 2.89. The van der Waals surface area contributed by atoms with Crippen molar-refractivity contribution in [3.63, 3.8) is 0 Å². The van der Waals surface area contributed by atoms with E-state index < -0.39 is 0 Å². The molecule has 0 atom stereocenters. The molecule has 3 rings (SSSR count). The summed E-state index contributed by atoms with van der Waals surface area (Å²) in [7, 11) is 0. The van der Waals surface area contributed by atoms with E-state index in [-0.39, 0.29) is 6.03 Å². The molecule has 6 heteroatoms. The number of carbonyl (C=O) groups excluding carboxylic acids is 1. The molecule has 2 N–H and O–H groups in total. The van der Waals surface area contributed by atoms with Crippen molar-refractivity contribution in [2.75, 3.05) is 5.32 Å². The standard InChI is InChI=1S/C15H19N5O/c1-10-5-6-11(2)12(8-10)17-15(21)16-9-14-19-18-13-4-3-7-20(13)14/h5-6,8H,3-4,7,9H2,1-2H3,(H2,16,17,21). The third-order valence-corrected chi connectivity index (χ3v) is 3.73. The molecule has 110 valence electrons. The van der Waals surface area contributed by atoms with Crippen LogP contribution in [0.1, 0.15) is 29.2 Å².